The molecule has 0 aromatic rings. The third-order valence-electron chi connectivity index (χ3n) is 8.45. The summed E-state index contributed by atoms with van der Waals surface area (Å²) in [4.78, 5) is 24.0. The minimum absolute atomic E-state index is 0.245. The molecule has 126 valence electrons. The van der Waals surface area contributed by atoms with Crippen molar-refractivity contribution in [2.75, 3.05) is 0 Å². The Morgan fingerprint density at radius 1 is 1.04 bits per heavy atom. The molecule has 23 heavy (non-hydrogen) atoms. The molecule has 0 spiro atoms. The fourth-order valence-electron chi connectivity index (χ4n) is 7.23. The van der Waals surface area contributed by atoms with Gasteiger partial charge in [0.2, 0.25) is 0 Å². The van der Waals surface area contributed by atoms with E-state index < -0.39 is 0 Å². The van der Waals surface area contributed by atoms with E-state index in [1.807, 2.05) is 6.08 Å². The van der Waals surface area contributed by atoms with Gasteiger partial charge in [-0.15, -0.1) is 0 Å². The number of ketones is 2. The topological polar surface area (TPSA) is 34.1 Å². The highest BCUT2D eigenvalue weighted by molar-refractivity contribution is 5.91. The summed E-state index contributed by atoms with van der Waals surface area (Å²) in [7, 11) is 0. The van der Waals surface area contributed by atoms with E-state index in [4.69, 9.17) is 0 Å². The summed E-state index contributed by atoms with van der Waals surface area (Å²) >= 11 is 0. The lowest BCUT2D eigenvalue weighted by Gasteiger charge is -2.58. The molecule has 0 saturated heterocycles. The van der Waals surface area contributed by atoms with Crippen LogP contribution >= 0.6 is 0 Å². The molecule has 2 nitrogen and oxygen atoms in total. The number of hydrogen-bond acceptors (Lipinski definition) is 2. The third kappa shape index (κ3) is 2.06. The van der Waals surface area contributed by atoms with Gasteiger partial charge in [-0.1, -0.05) is 19.4 Å². The van der Waals surface area contributed by atoms with E-state index in [0.717, 1.165) is 43.4 Å². The van der Waals surface area contributed by atoms with E-state index in [-0.39, 0.29) is 10.8 Å². The molecule has 4 aliphatic rings. The van der Waals surface area contributed by atoms with Crippen LogP contribution in [0.2, 0.25) is 0 Å². The average Bonchev–Trinajstić information content (AvgIpc) is 2.85. The Morgan fingerprint density at radius 2 is 1.83 bits per heavy atom. The normalized spacial score (nSPS) is 49.0. The fourth-order valence-corrected chi connectivity index (χ4v) is 7.23. The van der Waals surface area contributed by atoms with E-state index in [1.165, 1.54) is 31.3 Å². The molecule has 0 aromatic heterocycles. The van der Waals surface area contributed by atoms with E-state index >= 15 is 0 Å². The van der Waals surface area contributed by atoms with Gasteiger partial charge < -0.3 is 0 Å². The van der Waals surface area contributed by atoms with E-state index in [0.29, 0.717) is 17.5 Å². The lowest BCUT2D eigenvalue weighted by atomic mass is 9.48. The highest BCUT2D eigenvalue weighted by atomic mass is 16.2. The predicted octanol–water partition coefficient (Wildman–Crippen LogP) is 4.72. The van der Waals surface area contributed by atoms with Crippen LogP contribution in [0.15, 0.2) is 11.6 Å². The summed E-state index contributed by atoms with van der Waals surface area (Å²) in [5.74, 6) is 3.29. The van der Waals surface area contributed by atoms with Gasteiger partial charge in [-0.05, 0) is 86.5 Å². The Balaban J connectivity index is 1.67. The predicted molar refractivity (Wildman–Crippen MR) is 90.9 cm³/mol. The molecular weight excluding hydrogens is 289 g/mol. The van der Waals surface area contributed by atoms with Gasteiger partial charge in [-0.3, -0.25) is 9.59 Å². The van der Waals surface area contributed by atoms with Crippen LogP contribution in [0.5, 0.6) is 0 Å². The molecule has 3 fully saturated rings. The van der Waals surface area contributed by atoms with Gasteiger partial charge in [-0.25, -0.2) is 0 Å². The van der Waals surface area contributed by atoms with E-state index in [2.05, 4.69) is 13.8 Å². The van der Waals surface area contributed by atoms with Crippen LogP contribution in [0.25, 0.3) is 0 Å². The summed E-state index contributed by atoms with van der Waals surface area (Å²) < 4.78 is 0. The second-order valence-corrected chi connectivity index (χ2v) is 9.25. The van der Waals surface area contributed by atoms with E-state index in [1.54, 1.807) is 6.92 Å². The highest BCUT2D eigenvalue weighted by Gasteiger charge is 2.59. The number of fused-ring (bicyclic) bond motifs is 5. The first-order valence-corrected chi connectivity index (χ1v) is 9.60. The van der Waals surface area contributed by atoms with Crippen LogP contribution < -0.4 is 0 Å². The second-order valence-electron chi connectivity index (χ2n) is 9.25. The van der Waals surface area contributed by atoms with Gasteiger partial charge in [-0.2, -0.15) is 0 Å². The van der Waals surface area contributed by atoms with Crippen molar-refractivity contribution >= 4 is 11.6 Å². The number of Topliss-reactive ketones (excluding diaryl/α,β-unsaturated/α-hetero) is 1. The van der Waals surface area contributed by atoms with Gasteiger partial charge in [0.25, 0.3) is 0 Å². The lowest BCUT2D eigenvalue weighted by molar-refractivity contribution is -0.128. The van der Waals surface area contributed by atoms with Crippen LogP contribution in [-0.4, -0.2) is 11.6 Å². The van der Waals surface area contributed by atoms with Crippen molar-refractivity contribution in [2.45, 2.75) is 72.1 Å². The Bertz CT molecular complexity index is 589. The molecule has 6 atom stereocenters. The van der Waals surface area contributed by atoms with Gasteiger partial charge in [0.15, 0.2) is 5.78 Å². The van der Waals surface area contributed by atoms with Crippen molar-refractivity contribution < 1.29 is 9.59 Å². The smallest absolute Gasteiger partial charge is 0.155 e. The molecule has 0 heterocycles. The molecule has 0 aromatic carbocycles. The van der Waals surface area contributed by atoms with Crippen molar-refractivity contribution in [3.05, 3.63) is 11.6 Å². The SMILES string of the molecule is C[C@]12CC[C@H]3[C@@H](CCC4=[13CH][13C](=O)[13CH2]C[C@@]43C)[C@@H]1CC[C@@H]2[13C]([13CH3])=O. The second kappa shape index (κ2) is 5.04. The molecule has 0 unspecified atom stereocenters. The number of carbonyl (C=O) groups excluding carboxylic acids is 2. The van der Waals surface area contributed by atoms with Gasteiger partial charge >= 0.3 is 0 Å². The first kappa shape index (κ1) is 15.6. The Labute approximate surface area is 140 Å². The lowest BCUT2D eigenvalue weighted by Crippen LogP contribution is -2.51. The third-order valence-corrected chi connectivity index (χ3v) is 8.45. The zero-order valence-electron chi connectivity index (χ0n) is 14.9. The van der Waals surface area contributed by atoms with Gasteiger partial charge in [0.1, 0.15) is 5.78 Å². The number of hydrogen-bond donors (Lipinski definition) is 0. The van der Waals surface area contributed by atoms with Crippen molar-refractivity contribution in [2.24, 2.45) is 34.5 Å². The largest absolute Gasteiger partial charge is 0.300 e. The molecule has 4 aliphatic carbocycles. The van der Waals surface area contributed by atoms with Crippen molar-refractivity contribution in [3.8, 4) is 0 Å². The number of rotatable bonds is 1. The summed E-state index contributed by atoms with van der Waals surface area (Å²) in [5.41, 5.74) is 1.95. The molecule has 0 N–H and O–H groups in total. The minimum Gasteiger partial charge on any atom is -0.300 e. The maximum Gasteiger partial charge on any atom is 0.155 e. The van der Waals surface area contributed by atoms with Gasteiger partial charge in [0.05, 0.1) is 0 Å². The molecule has 2 heteroatoms. The van der Waals surface area contributed by atoms with E-state index in [9.17, 15) is 9.59 Å². The quantitative estimate of drug-likeness (QED) is 0.655. The molecular formula is C21H30O2. The molecule has 0 aliphatic heterocycles. The Kier molecular flexibility index (Phi) is 3.42. The monoisotopic (exact) mass is 319 g/mol. The van der Waals surface area contributed by atoms with Gasteiger partial charge in [0, 0.05) is 12.3 Å². The zero-order valence-corrected chi connectivity index (χ0v) is 14.9. The standard InChI is InChI=1S/C21H30O2/c1-13(22)17-6-7-18-16-5-4-14-12-15(23)8-10-20(14,2)19(16)9-11-21(17,18)3/h12,16-19H,4-11H2,1-3H3/t16-,17+,18-,19-,20-,21+/m0/s1/i1+1,8+1,12+1,13+1,15+1. The summed E-state index contributed by atoms with van der Waals surface area (Å²) in [5, 5.41) is 0. The Morgan fingerprint density at radius 3 is 2.57 bits per heavy atom. The minimum atomic E-state index is 0.245. The van der Waals surface area contributed by atoms with Crippen molar-refractivity contribution in [1.82, 2.24) is 0 Å². The number of carbonyl (C=O) groups is 2. The van der Waals surface area contributed by atoms with Crippen molar-refractivity contribution in [3.63, 3.8) is 0 Å². The highest BCUT2D eigenvalue weighted by Crippen LogP contribution is 2.66. The maximum absolute atomic E-state index is 12.1. The summed E-state index contributed by atoms with van der Waals surface area (Å²) in [6.07, 6.45) is 10.9. The van der Waals surface area contributed by atoms with Crippen LogP contribution in [0.1, 0.15) is 72.1 Å². The molecule has 3 saturated carbocycles. The first-order chi connectivity index (χ1) is 10.9. The van der Waals surface area contributed by atoms with Crippen LogP contribution in [0.4, 0.5) is 0 Å². The first-order valence-electron chi connectivity index (χ1n) is 9.60. The zero-order chi connectivity index (χ0) is 16.4. The molecule has 4 rings (SSSR count). The maximum atomic E-state index is 12.1. The fraction of sp³-hybridized carbons (Fsp3) is 0.810. The van der Waals surface area contributed by atoms with Crippen LogP contribution in [0, 0.1) is 34.5 Å². The molecule has 0 radical (unpaired) electrons. The summed E-state index contributed by atoms with van der Waals surface area (Å²) in [6, 6.07) is 0. The average molecular weight is 319 g/mol. The van der Waals surface area contributed by atoms with Crippen LogP contribution in [-0.2, 0) is 9.59 Å². The van der Waals surface area contributed by atoms with Crippen LogP contribution in [0.3, 0.4) is 0 Å². The Hall–Kier alpha value is -0.920. The molecule has 0 bridgehead atoms. The molecule has 0 amide bonds. The summed E-state index contributed by atoms with van der Waals surface area (Å²) in [6.45, 7) is 6.65. The van der Waals surface area contributed by atoms with Crippen molar-refractivity contribution in [1.29, 1.82) is 0 Å². The number of allylic oxidation sites excluding steroid dienone is 1.